The number of carbonyl (C=O) groups is 3. The van der Waals surface area contributed by atoms with E-state index in [1.807, 2.05) is 24.0 Å². The number of likely N-dealkylation sites (tertiary alicyclic amines) is 1. The molecule has 3 amide bonds. The summed E-state index contributed by atoms with van der Waals surface area (Å²) in [6.07, 6.45) is 4.57. The Labute approximate surface area is 218 Å². The van der Waals surface area contributed by atoms with Crippen molar-refractivity contribution in [1.82, 2.24) is 15.2 Å². The SMILES string of the molecule is Cc1cc(NC(=O)C(C)(C)NC(=O)Oc2ccc(Cl)s2)ccc1C(=O)N1CCCC1c1ccncc1. The molecule has 0 spiro atoms. The molecule has 1 aliphatic rings. The fourth-order valence-corrected chi connectivity index (χ4v) is 5.02. The lowest BCUT2D eigenvalue weighted by Gasteiger charge is -2.26. The van der Waals surface area contributed by atoms with E-state index in [0.29, 0.717) is 27.2 Å². The van der Waals surface area contributed by atoms with Gasteiger partial charge in [-0.15, -0.1) is 0 Å². The van der Waals surface area contributed by atoms with Crippen LogP contribution in [0, 0.1) is 6.92 Å². The Kier molecular flexibility index (Phi) is 7.61. The lowest BCUT2D eigenvalue weighted by Crippen LogP contribution is -2.53. The van der Waals surface area contributed by atoms with Gasteiger partial charge in [-0.05, 0) is 87.2 Å². The maximum Gasteiger partial charge on any atom is 0.414 e. The number of carbonyl (C=O) groups excluding carboxylic acids is 3. The van der Waals surface area contributed by atoms with Crippen LogP contribution in [0.2, 0.25) is 4.34 Å². The fraction of sp³-hybridized carbons (Fsp3) is 0.308. The van der Waals surface area contributed by atoms with Crippen molar-refractivity contribution < 1.29 is 19.1 Å². The van der Waals surface area contributed by atoms with E-state index in [9.17, 15) is 14.4 Å². The van der Waals surface area contributed by atoms with E-state index in [2.05, 4.69) is 15.6 Å². The van der Waals surface area contributed by atoms with Crippen molar-refractivity contribution in [2.75, 3.05) is 11.9 Å². The van der Waals surface area contributed by atoms with Gasteiger partial charge in [0.2, 0.25) is 5.91 Å². The van der Waals surface area contributed by atoms with Crippen LogP contribution >= 0.6 is 22.9 Å². The molecule has 0 radical (unpaired) electrons. The number of halogens is 1. The molecule has 1 atom stereocenters. The summed E-state index contributed by atoms with van der Waals surface area (Å²) in [6, 6.07) is 12.3. The monoisotopic (exact) mass is 526 g/mol. The number of rotatable bonds is 6. The van der Waals surface area contributed by atoms with E-state index in [-0.39, 0.29) is 11.9 Å². The summed E-state index contributed by atoms with van der Waals surface area (Å²) in [5.41, 5.74) is 1.68. The number of ether oxygens (including phenoxy) is 1. The largest absolute Gasteiger partial charge is 0.414 e. The van der Waals surface area contributed by atoms with Crippen LogP contribution in [0.4, 0.5) is 10.5 Å². The first-order valence-corrected chi connectivity index (χ1v) is 12.7. The predicted octanol–water partition coefficient (Wildman–Crippen LogP) is 5.59. The van der Waals surface area contributed by atoms with Crippen molar-refractivity contribution in [3.8, 4) is 5.06 Å². The second-order valence-electron chi connectivity index (χ2n) is 9.12. The number of hydrogen-bond acceptors (Lipinski definition) is 6. The molecule has 1 fully saturated rings. The van der Waals surface area contributed by atoms with Crippen molar-refractivity contribution in [3.63, 3.8) is 0 Å². The van der Waals surface area contributed by atoms with Crippen molar-refractivity contribution in [3.05, 3.63) is 75.9 Å². The van der Waals surface area contributed by atoms with E-state index in [0.717, 1.165) is 35.3 Å². The molecule has 0 bridgehead atoms. The van der Waals surface area contributed by atoms with Gasteiger partial charge in [-0.2, -0.15) is 0 Å². The minimum Gasteiger partial charge on any atom is -0.399 e. The Morgan fingerprint density at radius 2 is 1.89 bits per heavy atom. The summed E-state index contributed by atoms with van der Waals surface area (Å²) in [5, 5.41) is 5.70. The van der Waals surface area contributed by atoms with E-state index in [1.54, 1.807) is 56.6 Å². The van der Waals surface area contributed by atoms with Crippen LogP contribution in [0.3, 0.4) is 0 Å². The Bertz CT molecular complexity index is 1280. The van der Waals surface area contributed by atoms with Crippen LogP contribution in [-0.2, 0) is 4.79 Å². The fourth-order valence-electron chi connectivity index (χ4n) is 4.15. The zero-order chi connectivity index (χ0) is 25.9. The lowest BCUT2D eigenvalue weighted by atomic mass is 10.0. The van der Waals surface area contributed by atoms with Gasteiger partial charge in [0.25, 0.3) is 5.91 Å². The van der Waals surface area contributed by atoms with Gasteiger partial charge in [0.05, 0.1) is 10.4 Å². The number of pyridine rings is 1. The molecule has 0 saturated carbocycles. The molecule has 3 aromatic rings. The second-order valence-corrected chi connectivity index (χ2v) is 10.8. The molecular weight excluding hydrogens is 500 g/mol. The quantitative estimate of drug-likeness (QED) is 0.436. The summed E-state index contributed by atoms with van der Waals surface area (Å²) in [5.74, 6) is -0.470. The van der Waals surface area contributed by atoms with Gasteiger partial charge in [-0.3, -0.25) is 14.6 Å². The number of thiophene rings is 1. The highest BCUT2D eigenvalue weighted by molar-refractivity contribution is 7.17. The van der Waals surface area contributed by atoms with Crippen molar-refractivity contribution in [2.24, 2.45) is 0 Å². The number of anilines is 1. The van der Waals surface area contributed by atoms with Crippen molar-refractivity contribution in [2.45, 2.75) is 45.2 Å². The molecule has 1 saturated heterocycles. The summed E-state index contributed by atoms with van der Waals surface area (Å²) in [4.78, 5) is 44.5. The van der Waals surface area contributed by atoms with Crippen LogP contribution < -0.4 is 15.4 Å². The summed E-state index contributed by atoms with van der Waals surface area (Å²) < 4.78 is 5.67. The Balaban J connectivity index is 1.40. The van der Waals surface area contributed by atoms with Gasteiger partial charge < -0.3 is 20.3 Å². The summed E-state index contributed by atoms with van der Waals surface area (Å²) in [6.45, 7) is 5.68. The molecular formula is C26H27ClN4O4S. The number of nitrogens with zero attached hydrogens (tertiary/aromatic N) is 2. The normalized spacial score (nSPS) is 15.4. The number of hydrogen-bond donors (Lipinski definition) is 2. The van der Waals surface area contributed by atoms with E-state index in [1.165, 1.54) is 0 Å². The number of aromatic nitrogens is 1. The molecule has 0 aliphatic carbocycles. The topological polar surface area (TPSA) is 101 Å². The van der Waals surface area contributed by atoms with Crippen molar-refractivity contribution >= 4 is 46.5 Å². The van der Waals surface area contributed by atoms with Gasteiger partial charge in [-0.25, -0.2) is 4.79 Å². The van der Waals surface area contributed by atoms with E-state index in [4.69, 9.17) is 16.3 Å². The van der Waals surface area contributed by atoms with Crippen LogP contribution in [0.1, 0.15) is 54.2 Å². The Morgan fingerprint density at radius 1 is 1.14 bits per heavy atom. The minimum atomic E-state index is -1.26. The number of nitrogens with one attached hydrogen (secondary N) is 2. The molecule has 8 nitrogen and oxygen atoms in total. The molecule has 4 rings (SSSR count). The lowest BCUT2D eigenvalue weighted by molar-refractivity contribution is -0.121. The van der Waals surface area contributed by atoms with Gasteiger partial charge in [0.15, 0.2) is 5.06 Å². The predicted molar refractivity (Wildman–Crippen MR) is 140 cm³/mol. The van der Waals surface area contributed by atoms with Crippen molar-refractivity contribution in [1.29, 1.82) is 0 Å². The minimum absolute atomic E-state index is 0.0242. The zero-order valence-electron chi connectivity index (χ0n) is 20.2. The van der Waals surface area contributed by atoms with E-state index < -0.39 is 17.5 Å². The van der Waals surface area contributed by atoms with Gasteiger partial charge >= 0.3 is 6.09 Å². The number of aryl methyl sites for hydroxylation is 1. The van der Waals surface area contributed by atoms with Gasteiger partial charge in [0.1, 0.15) is 5.54 Å². The summed E-state index contributed by atoms with van der Waals surface area (Å²) in [7, 11) is 0. The first-order valence-electron chi connectivity index (χ1n) is 11.5. The van der Waals surface area contributed by atoms with Gasteiger partial charge in [0, 0.05) is 30.2 Å². The first kappa shape index (κ1) is 25.7. The molecule has 188 valence electrons. The average molecular weight is 527 g/mol. The smallest absolute Gasteiger partial charge is 0.399 e. The third-order valence-corrected chi connectivity index (χ3v) is 7.15. The molecule has 10 heteroatoms. The number of amides is 3. The highest BCUT2D eigenvalue weighted by Gasteiger charge is 2.32. The molecule has 2 N–H and O–H groups in total. The van der Waals surface area contributed by atoms with Crippen LogP contribution in [-0.4, -0.2) is 39.9 Å². The van der Waals surface area contributed by atoms with Crippen LogP contribution in [0.5, 0.6) is 5.06 Å². The maximum atomic E-state index is 13.4. The van der Waals surface area contributed by atoms with Gasteiger partial charge in [-0.1, -0.05) is 22.9 Å². The van der Waals surface area contributed by atoms with Crippen LogP contribution in [0.15, 0.2) is 54.9 Å². The second kappa shape index (κ2) is 10.7. The highest BCUT2D eigenvalue weighted by atomic mass is 35.5. The van der Waals surface area contributed by atoms with E-state index >= 15 is 0 Å². The molecule has 3 heterocycles. The average Bonchev–Trinajstić information content (AvgIpc) is 3.48. The van der Waals surface area contributed by atoms with Crippen LogP contribution in [0.25, 0.3) is 0 Å². The third kappa shape index (κ3) is 5.85. The molecule has 2 aromatic heterocycles. The summed E-state index contributed by atoms with van der Waals surface area (Å²) >= 11 is 6.96. The standard InChI is InChI=1S/C26H27ClN4O4S/c1-16-15-18(29-24(33)26(2,3)30-25(34)35-22-9-8-21(27)36-22)6-7-19(16)23(32)31-14-4-5-20(31)17-10-12-28-13-11-17/h6-13,15,20H,4-5,14H2,1-3H3,(H,29,33)(H,30,34). The molecule has 1 aromatic carbocycles. The zero-order valence-corrected chi connectivity index (χ0v) is 21.8. The maximum absolute atomic E-state index is 13.4. The third-order valence-electron chi connectivity index (χ3n) is 6.04. The first-order chi connectivity index (χ1) is 17.1. The number of benzene rings is 1. The Hall–Kier alpha value is -3.43. The molecule has 36 heavy (non-hydrogen) atoms. The molecule has 1 unspecified atom stereocenters. The molecule has 1 aliphatic heterocycles. The highest BCUT2D eigenvalue weighted by Crippen LogP contribution is 2.33. The Morgan fingerprint density at radius 3 is 2.56 bits per heavy atom.